The molecule has 5 nitrogen and oxygen atoms in total. The summed E-state index contributed by atoms with van der Waals surface area (Å²) < 4.78 is 14.0. The Hall–Kier alpha value is -2.44. The summed E-state index contributed by atoms with van der Waals surface area (Å²) in [5.74, 6) is -0.211. The smallest absolute Gasteiger partial charge is 0.227 e. The molecule has 7 heteroatoms. The second-order valence-electron chi connectivity index (χ2n) is 7.94. The maximum Gasteiger partial charge on any atom is 0.227 e. The van der Waals surface area contributed by atoms with Crippen LogP contribution in [0.3, 0.4) is 0 Å². The number of nitrogens with zero attached hydrogens (tertiary/aromatic N) is 2. The van der Waals surface area contributed by atoms with E-state index in [0.29, 0.717) is 23.6 Å². The highest BCUT2D eigenvalue weighted by Crippen LogP contribution is 2.26. The van der Waals surface area contributed by atoms with Gasteiger partial charge in [0.25, 0.3) is 0 Å². The summed E-state index contributed by atoms with van der Waals surface area (Å²) in [6.07, 6.45) is 2.93. The van der Waals surface area contributed by atoms with Gasteiger partial charge in [0.1, 0.15) is 5.82 Å². The molecule has 4 rings (SSSR count). The number of anilines is 2. The van der Waals surface area contributed by atoms with E-state index in [-0.39, 0.29) is 23.5 Å². The van der Waals surface area contributed by atoms with E-state index in [2.05, 4.69) is 10.2 Å². The lowest BCUT2D eigenvalue weighted by atomic mass is 9.95. The average Bonchev–Trinajstić information content (AvgIpc) is 3.18. The number of likely N-dealkylation sites (tertiary alicyclic amines) is 1. The third-order valence-corrected chi connectivity index (χ3v) is 6.28. The van der Waals surface area contributed by atoms with Gasteiger partial charge in [0.2, 0.25) is 11.8 Å². The molecule has 2 aromatic carbocycles. The Morgan fingerprint density at radius 3 is 2.47 bits per heavy atom. The van der Waals surface area contributed by atoms with E-state index in [0.717, 1.165) is 50.3 Å². The van der Waals surface area contributed by atoms with Crippen LogP contribution in [0.5, 0.6) is 0 Å². The number of hydrogen-bond donors (Lipinski definition) is 1. The van der Waals surface area contributed by atoms with E-state index < -0.39 is 0 Å². The first kappa shape index (κ1) is 20.8. The zero-order chi connectivity index (χ0) is 21.1. The average molecular weight is 430 g/mol. The van der Waals surface area contributed by atoms with Crippen molar-refractivity contribution in [3.05, 3.63) is 58.9 Å². The Bertz CT molecular complexity index is 906. The van der Waals surface area contributed by atoms with Crippen LogP contribution in [0.4, 0.5) is 15.8 Å². The van der Waals surface area contributed by atoms with E-state index in [1.54, 1.807) is 17.0 Å². The lowest BCUT2D eigenvalue weighted by Gasteiger charge is -2.31. The van der Waals surface area contributed by atoms with Gasteiger partial charge in [0.05, 0.1) is 0 Å². The van der Waals surface area contributed by atoms with Gasteiger partial charge in [-0.3, -0.25) is 14.5 Å². The molecule has 2 heterocycles. The number of benzene rings is 2. The van der Waals surface area contributed by atoms with Crippen molar-refractivity contribution in [1.82, 2.24) is 4.90 Å². The molecule has 0 atom stereocenters. The molecule has 0 aliphatic carbocycles. The van der Waals surface area contributed by atoms with Gasteiger partial charge in [0, 0.05) is 47.4 Å². The summed E-state index contributed by atoms with van der Waals surface area (Å²) in [6.45, 7) is 2.65. The molecule has 0 radical (unpaired) electrons. The van der Waals surface area contributed by atoms with Gasteiger partial charge in [-0.2, -0.15) is 0 Å². The van der Waals surface area contributed by atoms with Crippen LogP contribution >= 0.6 is 11.6 Å². The predicted molar refractivity (Wildman–Crippen MR) is 116 cm³/mol. The lowest BCUT2D eigenvalue weighted by molar-refractivity contribution is -0.121. The number of halogens is 2. The normalized spacial score (nSPS) is 18.1. The molecule has 2 aromatic rings. The van der Waals surface area contributed by atoms with Gasteiger partial charge in [-0.15, -0.1) is 0 Å². The highest BCUT2D eigenvalue weighted by molar-refractivity contribution is 6.31. The minimum Gasteiger partial charge on any atom is -0.326 e. The summed E-state index contributed by atoms with van der Waals surface area (Å²) in [7, 11) is 0. The SMILES string of the molecule is O=C(Nc1ccc(N2CCCC2=O)cc1)C1CCN(Cc2c(F)cccc2Cl)CC1. The number of carbonyl (C=O) groups excluding carboxylic acids is 2. The number of nitrogens with one attached hydrogen (secondary N) is 1. The molecule has 0 spiro atoms. The fourth-order valence-corrected chi connectivity index (χ4v) is 4.37. The van der Waals surface area contributed by atoms with Gasteiger partial charge in [-0.25, -0.2) is 4.39 Å². The van der Waals surface area contributed by atoms with Crippen molar-refractivity contribution in [1.29, 1.82) is 0 Å². The summed E-state index contributed by atoms with van der Waals surface area (Å²) >= 11 is 6.13. The van der Waals surface area contributed by atoms with E-state index >= 15 is 0 Å². The van der Waals surface area contributed by atoms with Crippen molar-refractivity contribution in [2.45, 2.75) is 32.2 Å². The Labute approximate surface area is 180 Å². The quantitative estimate of drug-likeness (QED) is 0.763. The molecule has 1 N–H and O–H groups in total. The van der Waals surface area contributed by atoms with Crippen LogP contribution in [0.1, 0.15) is 31.2 Å². The third-order valence-electron chi connectivity index (χ3n) is 5.92. The van der Waals surface area contributed by atoms with Gasteiger partial charge < -0.3 is 10.2 Å². The summed E-state index contributed by atoms with van der Waals surface area (Å²) in [5.41, 5.74) is 2.12. The highest BCUT2D eigenvalue weighted by atomic mass is 35.5. The zero-order valence-electron chi connectivity index (χ0n) is 16.7. The number of rotatable bonds is 5. The van der Waals surface area contributed by atoms with E-state index in [4.69, 9.17) is 11.6 Å². The molecular weight excluding hydrogens is 405 g/mol. The predicted octanol–water partition coefficient (Wildman–Crippen LogP) is 4.46. The molecule has 2 fully saturated rings. The molecule has 0 saturated carbocycles. The fourth-order valence-electron chi connectivity index (χ4n) is 4.15. The van der Waals surface area contributed by atoms with Crippen LogP contribution in [0.25, 0.3) is 0 Å². The molecule has 2 aliphatic rings. The number of hydrogen-bond acceptors (Lipinski definition) is 3. The Morgan fingerprint density at radius 1 is 1.10 bits per heavy atom. The van der Waals surface area contributed by atoms with E-state index in [9.17, 15) is 14.0 Å². The summed E-state index contributed by atoms with van der Waals surface area (Å²) in [4.78, 5) is 28.4. The molecule has 2 aliphatic heterocycles. The first-order chi connectivity index (χ1) is 14.5. The Kier molecular flexibility index (Phi) is 6.35. The molecule has 0 unspecified atom stereocenters. The maximum absolute atomic E-state index is 14.0. The second-order valence-corrected chi connectivity index (χ2v) is 8.34. The topological polar surface area (TPSA) is 52.7 Å². The van der Waals surface area contributed by atoms with Crippen molar-refractivity contribution in [2.24, 2.45) is 5.92 Å². The molecule has 0 bridgehead atoms. The van der Waals surface area contributed by atoms with Gasteiger partial charge in [0.15, 0.2) is 0 Å². The van der Waals surface area contributed by atoms with Gasteiger partial charge in [-0.1, -0.05) is 17.7 Å². The standard InChI is InChI=1S/C23H25ClFN3O2/c24-20-3-1-4-21(25)19(20)15-27-13-10-16(11-14-27)23(30)26-17-6-8-18(9-7-17)28-12-2-5-22(28)29/h1,3-4,6-9,16H,2,5,10-15H2,(H,26,30). The Balaban J connectivity index is 1.29. The molecule has 158 valence electrons. The first-order valence-corrected chi connectivity index (χ1v) is 10.8. The first-order valence-electron chi connectivity index (χ1n) is 10.4. The number of piperidine rings is 1. The zero-order valence-corrected chi connectivity index (χ0v) is 17.5. The maximum atomic E-state index is 14.0. The molecule has 2 saturated heterocycles. The van der Waals surface area contributed by atoms with Crippen LogP contribution in [-0.4, -0.2) is 36.3 Å². The van der Waals surface area contributed by atoms with Crippen molar-refractivity contribution < 1.29 is 14.0 Å². The van der Waals surface area contributed by atoms with Crippen LogP contribution < -0.4 is 10.2 Å². The van der Waals surface area contributed by atoms with Crippen molar-refractivity contribution in [3.8, 4) is 0 Å². The Morgan fingerprint density at radius 2 is 1.83 bits per heavy atom. The largest absolute Gasteiger partial charge is 0.326 e. The molecular formula is C23H25ClFN3O2. The van der Waals surface area contributed by atoms with E-state index in [1.165, 1.54) is 6.07 Å². The molecule has 2 amide bonds. The highest BCUT2D eigenvalue weighted by Gasteiger charge is 2.26. The van der Waals surface area contributed by atoms with Crippen molar-refractivity contribution in [2.75, 3.05) is 29.9 Å². The van der Waals surface area contributed by atoms with Crippen LogP contribution in [0.15, 0.2) is 42.5 Å². The summed E-state index contributed by atoms with van der Waals surface area (Å²) in [5, 5.41) is 3.42. The van der Waals surface area contributed by atoms with Crippen LogP contribution in [0.2, 0.25) is 5.02 Å². The van der Waals surface area contributed by atoms with Crippen molar-refractivity contribution >= 4 is 34.8 Å². The monoisotopic (exact) mass is 429 g/mol. The van der Waals surface area contributed by atoms with Crippen molar-refractivity contribution in [3.63, 3.8) is 0 Å². The molecule has 0 aromatic heterocycles. The van der Waals surface area contributed by atoms with Gasteiger partial charge >= 0.3 is 0 Å². The summed E-state index contributed by atoms with van der Waals surface area (Å²) in [6, 6.07) is 12.2. The van der Waals surface area contributed by atoms with Crippen LogP contribution in [-0.2, 0) is 16.1 Å². The van der Waals surface area contributed by atoms with Gasteiger partial charge in [-0.05, 0) is 68.8 Å². The minimum absolute atomic E-state index is 0.00331. The minimum atomic E-state index is -0.290. The number of amides is 2. The van der Waals surface area contributed by atoms with Crippen LogP contribution in [0, 0.1) is 11.7 Å². The molecule has 30 heavy (non-hydrogen) atoms. The van der Waals surface area contributed by atoms with E-state index in [1.807, 2.05) is 24.3 Å². The fraction of sp³-hybridized carbons (Fsp3) is 0.391. The second kappa shape index (κ2) is 9.14. The lowest BCUT2D eigenvalue weighted by Crippen LogP contribution is -2.38. The number of carbonyl (C=O) groups is 2. The third kappa shape index (κ3) is 4.65.